The lowest BCUT2D eigenvalue weighted by molar-refractivity contribution is -0.123. The van der Waals surface area contributed by atoms with E-state index in [0.29, 0.717) is 36.3 Å². The first kappa shape index (κ1) is 31.8. The number of benzene rings is 3. The molecule has 11 heteroatoms. The Kier molecular flexibility index (Phi) is 9.26. The summed E-state index contributed by atoms with van der Waals surface area (Å²) in [5.74, 6) is -1.28. The molecule has 2 N–H and O–H groups in total. The van der Waals surface area contributed by atoms with Crippen LogP contribution in [0.2, 0.25) is 0 Å². The van der Waals surface area contributed by atoms with E-state index in [4.69, 9.17) is 14.5 Å². The number of hydrogen-bond acceptors (Lipinski definition) is 7. The predicted octanol–water partition coefficient (Wildman–Crippen LogP) is 5.44. The van der Waals surface area contributed by atoms with Crippen molar-refractivity contribution in [1.82, 2.24) is 15.2 Å². The summed E-state index contributed by atoms with van der Waals surface area (Å²) in [4.78, 5) is 38.0. The topological polar surface area (TPSA) is 105 Å². The summed E-state index contributed by atoms with van der Waals surface area (Å²) in [5.41, 5.74) is 5.67. The maximum Gasteiger partial charge on any atom is 0.251 e. The minimum Gasteiger partial charge on any atom is -0.496 e. The minimum atomic E-state index is -0.680. The molecule has 1 aromatic heterocycles. The van der Waals surface area contributed by atoms with Gasteiger partial charge in [0, 0.05) is 65.0 Å². The zero-order valence-electron chi connectivity index (χ0n) is 26.3. The smallest absolute Gasteiger partial charge is 0.251 e. The lowest BCUT2D eigenvalue weighted by atomic mass is 9.95. The summed E-state index contributed by atoms with van der Waals surface area (Å²) >= 11 is 0. The highest BCUT2D eigenvalue weighted by Crippen LogP contribution is 2.29. The van der Waals surface area contributed by atoms with Crippen LogP contribution in [0.25, 0.3) is 0 Å². The van der Waals surface area contributed by atoms with Crippen LogP contribution >= 0.6 is 0 Å². The van der Waals surface area contributed by atoms with E-state index >= 15 is 4.39 Å². The van der Waals surface area contributed by atoms with E-state index in [2.05, 4.69) is 15.6 Å². The Balaban J connectivity index is 1.21. The molecule has 242 valence electrons. The highest BCUT2D eigenvalue weighted by Gasteiger charge is 2.35. The van der Waals surface area contributed by atoms with E-state index in [9.17, 15) is 14.0 Å². The van der Waals surface area contributed by atoms with Gasteiger partial charge in [-0.25, -0.2) is 8.78 Å². The number of hydrogen-bond donors (Lipinski definition) is 2. The van der Waals surface area contributed by atoms with E-state index in [1.54, 1.807) is 30.5 Å². The number of likely N-dealkylation sites (tertiary alicyclic amines) is 1. The van der Waals surface area contributed by atoms with Crippen LogP contribution in [-0.2, 0) is 17.9 Å². The summed E-state index contributed by atoms with van der Waals surface area (Å²) < 4.78 is 39.8. The van der Waals surface area contributed by atoms with E-state index in [1.807, 2.05) is 36.1 Å². The van der Waals surface area contributed by atoms with Crippen molar-refractivity contribution >= 4 is 23.2 Å². The summed E-state index contributed by atoms with van der Waals surface area (Å²) in [6.45, 7) is 2.79. The maximum absolute atomic E-state index is 15.1. The van der Waals surface area contributed by atoms with Crippen LogP contribution in [0.5, 0.6) is 11.5 Å². The third-order valence-electron chi connectivity index (χ3n) is 8.60. The third-order valence-corrected chi connectivity index (χ3v) is 8.60. The van der Waals surface area contributed by atoms with Gasteiger partial charge in [-0.2, -0.15) is 0 Å². The van der Waals surface area contributed by atoms with E-state index in [1.165, 1.54) is 32.4 Å². The lowest BCUT2D eigenvalue weighted by Gasteiger charge is -2.39. The average molecular weight is 640 g/mol. The molecule has 9 nitrogen and oxygen atoms in total. The van der Waals surface area contributed by atoms with Crippen LogP contribution in [0.15, 0.2) is 77.9 Å². The van der Waals surface area contributed by atoms with Crippen LogP contribution < -0.4 is 20.1 Å². The van der Waals surface area contributed by atoms with Gasteiger partial charge >= 0.3 is 0 Å². The van der Waals surface area contributed by atoms with Crippen LogP contribution in [0.3, 0.4) is 0 Å². The number of anilines is 1. The fraction of sp³-hybridized carbons (Fsp3) is 0.278. The first-order valence-corrected chi connectivity index (χ1v) is 15.4. The Labute approximate surface area is 271 Å². The SMILES string of the molecule is COc1ccc(NC(=O)[C@@H]2CC[C@@H](NC(=O)c3ccc4c(c3)C(c3ccnc(C)c3)=NC4)CN2Cc2c(F)cccc2OC)cc1F. The third kappa shape index (κ3) is 6.85. The molecule has 1 fully saturated rings. The average Bonchev–Trinajstić information content (AvgIpc) is 3.49. The Morgan fingerprint density at radius 2 is 1.79 bits per heavy atom. The molecule has 2 atom stereocenters. The maximum atomic E-state index is 15.1. The van der Waals surface area contributed by atoms with Gasteiger partial charge in [-0.3, -0.25) is 24.5 Å². The summed E-state index contributed by atoms with van der Waals surface area (Å²) in [5, 5.41) is 5.91. The number of piperidine rings is 1. The normalized spacial score (nSPS) is 17.4. The number of nitrogens with one attached hydrogen (secondary N) is 2. The second-order valence-corrected chi connectivity index (χ2v) is 11.7. The van der Waals surface area contributed by atoms with Crippen LogP contribution in [0, 0.1) is 18.6 Å². The van der Waals surface area contributed by atoms with Gasteiger partial charge in [0.1, 0.15) is 11.6 Å². The molecular weight excluding hydrogens is 604 g/mol. The van der Waals surface area contributed by atoms with Crippen LogP contribution in [-0.4, -0.2) is 60.3 Å². The number of halogens is 2. The van der Waals surface area contributed by atoms with Crippen LogP contribution in [0.1, 0.15) is 51.1 Å². The number of nitrogens with zero attached hydrogens (tertiary/aromatic N) is 3. The van der Waals surface area contributed by atoms with E-state index in [-0.39, 0.29) is 42.4 Å². The number of carbonyl (C=O) groups is 2. The molecule has 0 bridgehead atoms. The Morgan fingerprint density at radius 1 is 0.957 bits per heavy atom. The Hall–Kier alpha value is -5.16. The molecule has 0 saturated carbocycles. The molecule has 1 saturated heterocycles. The molecule has 0 radical (unpaired) electrons. The lowest BCUT2D eigenvalue weighted by Crippen LogP contribution is -2.55. The van der Waals surface area contributed by atoms with Crippen molar-refractivity contribution in [2.75, 3.05) is 26.1 Å². The van der Waals surface area contributed by atoms with Crippen molar-refractivity contribution < 1.29 is 27.8 Å². The fourth-order valence-electron chi connectivity index (χ4n) is 6.22. The van der Waals surface area contributed by atoms with Crippen molar-refractivity contribution in [3.8, 4) is 11.5 Å². The zero-order valence-corrected chi connectivity index (χ0v) is 26.3. The summed E-state index contributed by atoms with van der Waals surface area (Å²) in [6, 6.07) is 17.2. The molecule has 2 amide bonds. The molecular formula is C36H35F2N5O4. The van der Waals surface area contributed by atoms with Gasteiger partial charge in [0.2, 0.25) is 5.91 Å². The van der Waals surface area contributed by atoms with Crippen molar-refractivity contribution in [2.45, 2.75) is 44.9 Å². The second kappa shape index (κ2) is 13.7. The number of amides is 2. The van der Waals surface area contributed by atoms with Crippen molar-refractivity contribution in [3.63, 3.8) is 0 Å². The number of aromatic nitrogens is 1. The van der Waals surface area contributed by atoms with Gasteiger partial charge < -0.3 is 20.1 Å². The van der Waals surface area contributed by atoms with Gasteiger partial charge in [-0.05, 0) is 73.9 Å². The largest absolute Gasteiger partial charge is 0.496 e. The quantitative estimate of drug-likeness (QED) is 0.253. The second-order valence-electron chi connectivity index (χ2n) is 11.7. The number of ether oxygens (including phenoxy) is 2. The van der Waals surface area contributed by atoms with Gasteiger partial charge in [0.15, 0.2) is 11.6 Å². The minimum absolute atomic E-state index is 0.0568. The molecule has 0 unspecified atom stereocenters. The van der Waals surface area contributed by atoms with E-state index < -0.39 is 17.7 Å². The molecule has 6 rings (SSSR count). The van der Waals surface area contributed by atoms with Gasteiger partial charge in [-0.15, -0.1) is 0 Å². The fourth-order valence-corrected chi connectivity index (χ4v) is 6.22. The highest BCUT2D eigenvalue weighted by molar-refractivity contribution is 6.16. The molecule has 47 heavy (non-hydrogen) atoms. The Morgan fingerprint density at radius 3 is 2.55 bits per heavy atom. The molecule has 4 aromatic rings. The van der Waals surface area contributed by atoms with Crippen LogP contribution in [0.4, 0.5) is 14.5 Å². The number of pyridine rings is 1. The first-order valence-electron chi connectivity index (χ1n) is 15.4. The standard InChI is InChI=1S/C36H35F2N5O4/c1-21-15-22(13-14-39-21)34-27-16-23(7-8-24(27)18-40-34)35(44)42-26-9-11-31(36(45)41-25-10-12-33(47-3)30(38)17-25)43(19-26)20-28-29(37)5-4-6-32(28)46-2/h4-8,10,12-17,26,31H,9,11,18-20H2,1-3H3,(H,41,45)(H,42,44)/t26-,31+/m1/s1. The van der Waals surface area contributed by atoms with Crippen molar-refractivity contribution in [3.05, 3.63) is 118 Å². The number of methoxy groups -OCH3 is 2. The molecule has 0 spiro atoms. The number of rotatable bonds is 9. The van der Waals surface area contributed by atoms with E-state index in [0.717, 1.165) is 28.1 Å². The summed E-state index contributed by atoms with van der Waals surface area (Å²) in [6.07, 6.45) is 2.62. The highest BCUT2D eigenvalue weighted by atomic mass is 19.1. The number of carbonyl (C=O) groups excluding carboxylic acids is 2. The number of fused-ring (bicyclic) bond motifs is 1. The monoisotopic (exact) mass is 639 g/mol. The first-order chi connectivity index (χ1) is 22.7. The van der Waals surface area contributed by atoms with Gasteiger partial charge in [0.25, 0.3) is 5.91 Å². The van der Waals surface area contributed by atoms with Crippen molar-refractivity contribution in [2.24, 2.45) is 4.99 Å². The van der Waals surface area contributed by atoms with Crippen molar-refractivity contribution in [1.29, 1.82) is 0 Å². The van der Waals surface area contributed by atoms with Gasteiger partial charge in [-0.1, -0.05) is 12.1 Å². The zero-order chi connectivity index (χ0) is 33.1. The molecule has 0 aliphatic carbocycles. The summed E-state index contributed by atoms with van der Waals surface area (Å²) in [7, 11) is 2.82. The number of aryl methyl sites for hydroxylation is 1. The number of aliphatic imine (C=N–C) groups is 1. The molecule has 3 heterocycles. The Bertz CT molecular complexity index is 1860. The molecule has 3 aromatic carbocycles. The molecule has 2 aliphatic rings. The van der Waals surface area contributed by atoms with Gasteiger partial charge in [0.05, 0.1) is 32.5 Å². The predicted molar refractivity (Wildman–Crippen MR) is 174 cm³/mol. The molecule has 2 aliphatic heterocycles.